The molecule has 0 aliphatic rings. The molecule has 0 aliphatic carbocycles. The first kappa shape index (κ1) is 9.92. The van der Waals surface area contributed by atoms with Gasteiger partial charge in [0.25, 0.3) is 0 Å². The normalized spacial score (nSPS) is 10.8. The minimum absolute atomic E-state index is 0.432. The minimum Gasteiger partial charge on any atom is -0.302 e. The topological polar surface area (TPSA) is 21.3 Å². The zero-order valence-corrected chi connectivity index (χ0v) is 7.31. The molecule has 2 heteroatoms. The minimum atomic E-state index is 0.432. The van der Waals surface area contributed by atoms with Crippen LogP contribution in [-0.4, -0.2) is 12.6 Å². The SMILES string of the molecule is CCCCCONC(C)C. The van der Waals surface area contributed by atoms with Crippen LogP contribution in [0.5, 0.6) is 0 Å². The number of unbranched alkanes of at least 4 members (excludes halogenated alkanes) is 2. The summed E-state index contributed by atoms with van der Waals surface area (Å²) in [6, 6.07) is 0.432. The van der Waals surface area contributed by atoms with E-state index in [9.17, 15) is 0 Å². The monoisotopic (exact) mass is 145 g/mol. The molecule has 0 rings (SSSR count). The third-order valence-corrected chi connectivity index (χ3v) is 1.17. The molecule has 0 atom stereocenters. The quantitative estimate of drug-likeness (QED) is 0.456. The van der Waals surface area contributed by atoms with Crippen LogP contribution >= 0.6 is 0 Å². The van der Waals surface area contributed by atoms with Gasteiger partial charge in [-0.2, -0.15) is 0 Å². The number of hydrogen-bond acceptors (Lipinski definition) is 2. The maximum Gasteiger partial charge on any atom is 0.0682 e. The van der Waals surface area contributed by atoms with E-state index in [1.807, 2.05) is 0 Å². The smallest absolute Gasteiger partial charge is 0.0682 e. The molecule has 0 spiro atoms. The lowest BCUT2D eigenvalue weighted by atomic mass is 10.3. The van der Waals surface area contributed by atoms with Crippen molar-refractivity contribution in [2.24, 2.45) is 0 Å². The fourth-order valence-corrected chi connectivity index (χ4v) is 0.650. The van der Waals surface area contributed by atoms with Gasteiger partial charge in [0, 0.05) is 6.04 Å². The average molecular weight is 145 g/mol. The molecule has 0 heterocycles. The second-order valence-corrected chi connectivity index (χ2v) is 2.83. The van der Waals surface area contributed by atoms with Crippen molar-refractivity contribution in [3.05, 3.63) is 0 Å². The molecule has 0 amide bonds. The van der Waals surface area contributed by atoms with Crippen LogP contribution < -0.4 is 5.48 Å². The van der Waals surface area contributed by atoms with Crippen LogP contribution in [0.15, 0.2) is 0 Å². The highest BCUT2D eigenvalue weighted by Crippen LogP contribution is 1.92. The summed E-state index contributed by atoms with van der Waals surface area (Å²) in [5, 5.41) is 0. The molecular weight excluding hydrogens is 126 g/mol. The number of rotatable bonds is 6. The Bertz CT molecular complexity index is 64.3. The Morgan fingerprint density at radius 2 is 2.00 bits per heavy atom. The lowest BCUT2D eigenvalue weighted by molar-refractivity contribution is 0.0219. The van der Waals surface area contributed by atoms with Gasteiger partial charge in [0.1, 0.15) is 0 Å². The fourth-order valence-electron chi connectivity index (χ4n) is 0.650. The number of nitrogens with one attached hydrogen (secondary N) is 1. The Kier molecular flexibility index (Phi) is 6.98. The highest BCUT2D eigenvalue weighted by atomic mass is 16.6. The van der Waals surface area contributed by atoms with E-state index in [1.54, 1.807) is 0 Å². The van der Waals surface area contributed by atoms with Crippen LogP contribution in [-0.2, 0) is 4.84 Å². The van der Waals surface area contributed by atoms with E-state index >= 15 is 0 Å². The summed E-state index contributed by atoms with van der Waals surface area (Å²) in [6.45, 7) is 7.17. The molecule has 0 saturated carbocycles. The van der Waals surface area contributed by atoms with Gasteiger partial charge in [0.2, 0.25) is 0 Å². The van der Waals surface area contributed by atoms with Gasteiger partial charge in [-0.3, -0.25) is 0 Å². The van der Waals surface area contributed by atoms with Crippen molar-refractivity contribution < 1.29 is 4.84 Å². The van der Waals surface area contributed by atoms with Crippen molar-refractivity contribution in [2.75, 3.05) is 6.61 Å². The zero-order valence-electron chi connectivity index (χ0n) is 7.31. The van der Waals surface area contributed by atoms with Gasteiger partial charge in [0.05, 0.1) is 6.61 Å². The first-order valence-electron chi connectivity index (χ1n) is 4.14. The van der Waals surface area contributed by atoms with Crippen LogP contribution in [0.4, 0.5) is 0 Å². The van der Waals surface area contributed by atoms with E-state index in [0.717, 1.165) is 13.0 Å². The van der Waals surface area contributed by atoms with Gasteiger partial charge in [-0.25, -0.2) is 5.48 Å². The molecule has 0 fully saturated rings. The molecule has 62 valence electrons. The zero-order chi connectivity index (χ0) is 7.82. The molecule has 0 bridgehead atoms. The molecule has 0 aromatic heterocycles. The highest BCUT2D eigenvalue weighted by Gasteiger charge is 1.90. The molecule has 0 saturated heterocycles. The van der Waals surface area contributed by atoms with Gasteiger partial charge in [-0.05, 0) is 20.3 Å². The van der Waals surface area contributed by atoms with Crippen LogP contribution in [0, 0.1) is 0 Å². The molecule has 0 unspecified atom stereocenters. The van der Waals surface area contributed by atoms with Crippen molar-refractivity contribution in [3.8, 4) is 0 Å². The molecule has 0 radical (unpaired) electrons. The summed E-state index contributed by atoms with van der Waals surface area (Å²) in [5.41, 5.74) is 2.90. The Labute approximate surface area is 63.9 Å². The fraction of sp³-hybridized carbons (Fsp3) is 1.00. The van der Waals surface area contributed by atoms with Gasteiger partial charge in [-0.15, -0.1) is 0 Å². The number of hydroxylamine groups is 1. The average Bonchev–Trinajstić information content (AvgIpc) is 1.87. The van der Waals surface area contributed by atoms with Crippen LogP contribution in [0.25, 0.3) is 0 Å². The first-order valence-corrected chi connectivity index (χ1v) is 4.14. The summed E-state index contributed by atoms with van der Waals surface area (Å²) < 4.78 is 0. The molecule has 0 aromatic rings. The van der Waals surface area contributed by atoms with Crippen molar-refractivity contribution in [2.45, 2.75) is 46.1 Å². The molecule has 1 N–H and O–H groups in total. The van der Waals surface area contributed by atoms with E-state index in [1.165, 1.54) is 12.8 Å². The molecule has 0 aromatic carbocycles. The molecular formula is C8H19NO. The van der Waals surface area contributed by atoms with Gasteiger partial charge < -0.3 is 4.84 Å². The Hall–Kier alpha value is -0.0800. The van der Waals surface area contributed by atoms with E-state index in [0.29, 0.717) is 6.04 Å². The standard InChI is InChI=1S/C8H19NO/c1-4-5-6-7-10-9-8(2)3/h8-9H,4-7H2,1-3H3. The lowest BCUT2D eigenvalue weighted by Crippen LogP contribution is -2.23. The van der Waals surface area contributed by atoms with Crippen LogP contribution in [0.2, 0.25) is 0 Å². The summed E-state index contributed by atoms with van der Waals surface area (Å²) in [6.07, 6.45) is 3.68. The molecule has 10 heavy (non-hydrogen) atoms. The highest BCUT2D eigenvalue weighted by molar-refractivity contribution is 4.40. The summed E-state index contributed by atoms with van der Waals surface area (Å²) in [4.78, 5) is 5.15. The summed E-state index contributed by atoms with van der Waals surface area (Å²) in [5.74, 6) is 0. The predicted molar refractivity (Wildman–Crippen MR) is 43.7 cm³/mol. The third-order valence-electron chi connectivity index (χ3n) is 1.17. The van der Waals surface area contributed by atoms with E-state index in [2.05, 4.69) is 26.3 Å². The second-order valence-electron chi connectivity index (χ2n) is 2.83. The van der Waals surface area contributed by atoms with Gasteiger partial charge in [0.15, 0.2) is 0 Å². The third kappa shape index (κ3) is 7.92. The van der Waals surface area contributed by atoms with E-state index in [-0.39, 0.29) is 0 Å². The summed E-state index contributed by atoms with van der Waals surface area (Å²) >= 11 is 0. The van der Waals surface area contributed by atoms with Gasteiger partial charge >= 0.3 is 0 Å². The van der Waals surface area contributed by atoms with Crippen LogP contribution in [0.1, 0.15) is 40.0 Å². The predicted octanol–water partition coefficient (Wildman–Crippen LogP) is 2.11. The maximum atomic E-state index is 5.15. The Morgan fingerprint density at radius 1 is 1.30 bits per heavy atom. The second kappa shape index (κ2) is 7.03. The van der Waals surface area contributed by atoms with Crippen molar-refractivity contribution in [3.63, 3.8) is 0 Å². The van der Waals surface area contributed by atoms with E-state index < -0.39 is 0 Å². The number of hydrogen-bond donors (Lipinski definition) is 1. The molecule has 0 aliphatic heterocycles. The Morgan fingerprint density at radius 3 is 2.50 bits per heavy atom. The Balaban J connectivity index is 2.77. The van der Waals surface area contributed by atoms with Crippen molar-refractivity contribution in [1.82, 2.24) is 5.48 Å². The maximum absolute atomic E-state index is 5.15. The van der Waals surface area contributed by atoms with Gasteiger partial charge in [-0.1, -0.05) is 19.8 Å². The van der Waals surface area contributed by atoms with Crippen molar-refractivity contribution >= 4 is 0 Å². The van der Waals surface area contributed by atoms with Crippen LogP contribution in [0.3, 0.4) is 0 Å². The van der Waals surface area contributed by atoms with E-state index in [4.69, 9.17) is 4.84 Å². The summed E-state index contributed by atoms with van der Waals surface area (Å²) in [7, 11) is 0. The largest absolute Gasteiger partial charge is 0.302 e. The first-order chi connectivity index (χ1) is 4.77. The molecule has 2 nitrogen and oxygen atoms in total. The van der Waals surface area contributed by atoms with Crippen molar-refractivity contribution in [1.29, 1.82) is 0 Å². The lowest BCUT2D eigenvalue weighted by Gasteiger charge is -2.07.